The van der Waals surface area contributed by atoms with Crippen molar-refractivity contribution in [1.82, 2.24) is 5.32 Å². The number of benzene rings is 2. The average molecular weight is 392 g/mol. The van der Waals surface area contributed by atoms with Gasteiger partial charge in [-0.3, -0.25) is 9.59 Å². The van der Waals surface area contributed by atoms with Gasteiger partial charge in [0, 0.05) is 17.1 Å². The summed E-state index contributed by atoms with van der Waals surface area (Å²) in [5, 5.41) is 3.21. The van der Waals surface area contributed by atoms with E-state index in [4.69, 9.17) is 25.8 Å². The Hall–Kier alpha value is -3.06. The molecule has 0 saturated carbocycles. The summed E-state index contributed by atoms with van der Waals surface area (Å²) < 4.78 is 15.3. The van der Waals surface area contributed by atoms with Crippen molar-refractivity contribution in [2.24, 2.45) is 0 Å². The molecule has 2 rings (SSSR count). The number of methoxy groups -OCH3 is 2. The minimum Gasteiger partial charge on any atom is -0.493 e. The van der Waals surface area contributed by atoms with Gasteiger partial charge in [-0.15, -0.1) is 0 Å². The number of ether oxygens (including phenoxy) is 3. The van der Waals surface area contributed by atoms with Gasteiger partial charge < -0.3 is 19.5 Å². The van der Waals surface area contributed by atoms with Crippen LogP contribution in [0.5, 0.6) is 11.5 Å². The Morgan fingerprint density at radius 3 is 2.37 bits per heavy atom. The standard InChI is InChI=1S/C19H18ClNO6/c1-25-15-8-5-13(10-22)17(18(15)26-2)19(24)27-11-16(23)21-9-12-3-6-14(20)7-4-12/h3-8,10H,9,11H2,1-2H3,(H,21,23). The Kier molecular flexibility index (Phi) is 7.19. The van der Waals surface area contributed by atoms with E-state index in [1.54, 1.807) is 24.3 Å². The lowest BCUT2D eigenvalue weighted by molar-refractivity contribution is -0.124. The maximum atomic E-state index is 12.4. The zero-order valence-electron chi connectivity index (χ0n) is 14.8. The number of hydrogen-bond donors (Lipinski definition) is 1. The summed E-state index contributed by atoms with van der Waals surface area (Å²) in [4.78, 5) is 35.5. The van der Waals surface area contributed by atoms with Gasteiger partial charge in [-0.05, 0) is 29.8 Å². The van der Waals surface area contributed by atoms with Crippen molar-refractivity contribution in [3.05, 3.63) is 58.1 Å². The maximum absolute atomic E-state index is 12.4. The topological polar surface area (TPSA) is 90.9 Å². The Bertz CT molecular complexity index is 835. The maximum Gasteiger partial charge on any atom is 0.343 e. The molecule has 0 unspecified atom stereocenters. The lowest BCUT2D eigenvalue weighted by Gasteiger charge is -2.14. The molecular formula is C19H18ClNO6. The smallest absolute Gasteiger partial charge is 0.343 e. The summed E-state index contributed by atoms with van der Waals surface area (Å²) in [6.45, 7) is -0.249. The van der Waals surface area contributed by atoms with Gasteiger partial charge in [0.05, 0.1) is 14.2 Å². The third-order valence-corrected chi connectivity index (χ3v) is 3.90. The molecule has 0 radical (unpaired) electrons. The number of aldehydes is 1. The van der Waals surface area contributed by atoms with E-state index >= 15 is 0 Å². The molecule has 0 aliphatic heterocycles. The zero-order valence-corrected chi connectivity index (χ0v) is 15.5. The van der Waals surface area contributed by atoms with Crippen molar-refractivity contribution in [2.75, 3.05) is 20.8 Å². The molecule has 7 nitrogen and oxygen atoms in total. The Morgan fingerprint density at radius 1 is 1.07 bits per heavy atom. The molecule has 2 aromatic carbocycles. The number of hydrogen-bond acceptors (Lipinski definition) is 6. The summed E-state index contributed by atoms with van der Waals surface area (Å²) in [5.41, 5.74) is 0.813. The predicted molar refractivity (Wildman–Crippen MR) is 98.5 cm³/mol. The van der Waals surface area contributed by atoms with Crippen molar-refractivity contribution >= 4 is 29.8 Å². The monoisotopic (exact) mass is 391 g/mol. The Morgan fingerprint density at radius 2 is 1.78 bits per heavy atom. The van der Waals surface area contributed by atoms with Crippen LogP contribution in [0, 0.1) is 0 Å². The molecule has 0 heterocycles. The van der Waals surface area contributed by atoms with E-state index in [-0.39, 0.29) is 29.2 Å². The van der Waals surface area contributed by atoms with E-state index in [0.717, 1.165) is 5.56 Å². The van der Waals surface area contributed by atoms with Gasteiger partial charge in [-0.25, -0.2) is 4.79 Å². The molecule has 0 saturated heterocycles. The fraction of sp³-hybridized carbons (Fsp3) is 0.211. The van der Waals surface area contributed by atoms with Crippen molar-refractivity contribution in [3.8, 4) is 11.5 Å². The van der Waals surface area contributed by atoms with Crippen LogP contribution in [0.25, 0.3) is 0 Å². The van der Waals surface area contributed by atoms with Crippen LogP contribution in [0.4, 0.5) is 0 Å². The molecule has 142 valence electrons. The van der Waals surface area contributed by atoms with Gasteiger partial charge in [0.2, 0.25) is 0 Å². The number of halogens is 1. The first-order valence-corrected chi connectivity index (χ1v) is 8.26. The van der Waals surface area contributed by atoms with E-state index in [0.29, 0.717) is 11.3 Å². The van der Waals surface area contributed by atoms with Crippen molar-refractivity contribution in [1.29, 1.82) is 0 Å². The summed E-state index contributed by atoms with van der Waals surface area (Å²) in [6, 6.07) is 9.86. The highest BCUT2D eigenvalue weighted by Gasteiger charge is 2.23. The molecule has 1 amide bonds. The van der Waals surface area contributed by atoms with Crippen molar-refractivity contribution < 1.29 is 28.6 Å². The lowest BCUT2D eigenvalue weighted by Crippen LogP contribution is -2.28. The van der Waals surface area contributed by atoms with Gasteiger partial charge in [0.25, 0.3) is 5.91 Å². The summed E-state index contributed by atoms with van der Waals surface area (Å²) >= 11 is 5.80. The second kappa shape index (κ2) is 9.59. The average Bonchev–Trinajstić information content (AvgIpc) is 2.70. The quantitative estimate of drug-likeness (QED) is 0.549. The molecule has 0 aliphatic rings. The normalized spacial score (nSPS) is 10.0. The minimum atomic E-state index is -0.866. The molecule has 0 bridgehead atoms. The Labute approximate surface area is 161 Å². The summed E-state index contributed by atoms with van der Waals surface area (Å²) in [7, 11) is 2.74. The van der Waals surface area contributed by atoms with Crippen LogP contribution in [0.1, 0.15) is 26.3 Å². The molecule has 8 heteroatoms. The summed E-state index contributed by atoms with van der Waals surface area (Å²) in [5.74, 6) is -1.03. The van der Waals surface area contributed by atoms with E-state index in [1.807, 2.05) is 0 Å². The molecule has 0 aromatic heterocycles. The van der Waals surface area contributed by atoms with Gasteiger partial charge in [0.1, 0.15) is 5.56 Å². The fourth-order valence-electron chi connectivity index (χ4n) is 2.31. The predicted octanol–water partition coefficient (Wildman–Crippen LogP) is 2.64. The first-order chi connectivity index (χ1) is 13.0. The summed E-state index contributed by atoms with van der Waals surface area (Å²) in [6.07, 6.45) is 0.499. The highest BCUT2D eigenvalue weighted by molar-refractivity contribution is 6.30. The van der Waals surface area contributed by atoms with Crippen LogP contribution in [-0.2, 0) is 16.1 Å². The first-order valence-electron chi connectivity index (χ1n) is 7.88. The van der Waals surface area contributed by atoms with E-state index in [2.05, 4.69) is 5.32 Å². The number of carbonyl (C=O) groups excluding carboxylic acids is 3. The fourth-order valence-corrected chi connectivity index (χ4v) is 2.43. The lowest BCUT2D eigenvalue weighted by atomic mass is 10.1. The second-order valence-corrected chi connectivity index (χ2v) is 5.80. The van der Waals surface area contributed by atoms with Crippen LogP contribution >= 0.6 is 11.6 Å². The van der Waals surface area contributed by atoms with E-state index in [9.17, 15) is 14.4 Å². The van der Waals surface area contributed by atoms with Crippen LogP contribution in [0.3, 0.4) is 0 Å². The highest BCUT2D eigenvalue weighted by atomic mass is 35.5. The molecule has 27 heavy (non-hydrogen) atoms. The minimum absolute atomic E-state index is 0.0636. The van der Waals surface area contributed by atoms with E-state index in [1.165, 1.54) is 26.4 Å². The number of esters is 1. The molecule has 0 fully saturated rings. The zero-order chi connectivity index (χ0) is 19.8. The van der Waals surface area contributed by atoms with Crippen LogP contribution < -0.4 is 14.8 Å². The molecule has 2 aromatic rings. The SMILES string of the molecule is COc1ccc(C=O)c(C(=O)OCC(=O)NCc2ccc(Cl)cc2)c1OC. The van der Waals surface area contributed by atoms with Crippen LogP contribution in [-0.4, -0.2) is 39.0 Å². The van der Waals surface area contributed by atoms with Gasteiger partial charge in [-0.2, -0.15) is 0 Å². The van der Waals surface area contributed by atoms with Crippen molar-refractivity contribution in [2.45, 2.75) is 6.54 Å². The Balaban J connectivity index is 2.01. The molecule has 0 atom stereocenters. The largest absolute Gasteiger partial charge is 0.493 e. The third-order valence-electron chi connectivity index (χ3n) is 3.65. The van der Waals surface area contributed by atoms with Crippen LogP contribution in [0.15, 0.2) is 36.4 Å². The second-order valence-electron chi connectivity index (χ2n) is 5.36. The van der Waals surface area contributed by atoms with Crippen LogP contribution in [0.2, 0.25) is 5.02 Å². The van der Waals surface area contributed by atoms with Gasteiger partial charge in [0.15, 0.2) is 24.4 Å². The molecule has 0 spiro atoms. The van der Waals surface area contributed by atoms with Crippen molar-refractivity contribution in [3.63, 3.8) is 0 Å². The molecular weight excluding hydrogens is 374 g/mol. The third kappa shape index (κ3) is 5.21. The van der Waals surface area contributed by atoms with E-state index < -0.39 is 18.5 Å². The molecule has 0 aliphatic carbocycles. The molecule has 1 N–H and O–H groups in total. The number of rotatable bonds is 8. The highest BCUT2D eigenvalue weighted by Crippen LogP contribution is 2.33. The first kappa shape index (κ1) is 20.3. The number of carbonyl (C=O) groups is 3. The van der Waals surface area contributed by atoms with Gasteiger partial charge in [-0.1, -0.05) is 23.7 Å². The van der Waals surface area contributed by atoms with Gasteiger partial charge >= 0.3 is 5.97 Å². The number of nitrogens with one attached hydrogen (secondary N) is 1. The number of amides is 1.